The average molecular weight is 413 g/mol. The Hall–Kier alpha value is -3.33. The molecule has 9 heteroatoms. The van der Waals surface area contributed by atoms with Gasteiger partial charge in [-0.25, -0.2) is 0 Å². The molecule has 0 aromatic heterocycles. The van der Waals surface area contributed by atoms with Crippen molar-refractivity contribution in [2.24, 2.45) is 0 Å². The number of benzene rings is 2. The average Bonchev–Trinajstić information content (AvgIpc) is 3.00. The molecule has 29 heavy (non-hydrogen) atoms. The van der Waals surface area contributed by atoms with Gasteiger partial charge in [0.25, 0.3) is 11.1 Å². The topological polar surface area (TPSA) is 105 Å². The second-order valence-corrected chi connectivity index (χ2v) is 7.21. The largest absolute Gasteiger partial charge is 0.495 e. The van der Waals surface area contributed by atoms with E-state index in [0.29, 0.717) is 28.3 Å². The lowest BCUT2D eigenvalue weighted by molar-refractivity contribution is -0.125. The zero-order valence-electron chi connectivity index (χ0n) is 15.9. The number of hydrogen-bond acceptors (Lipinski definition) is 6. The minimum Gasteiger partial charge on any atom is -0.495 e. The van der Waals surface area contributed by atoms with Crippen LogP contribution in [0, 0.1) is 0 Å². The Morgan fingerprint density at radius 3 is 2.59 bits per heavy atom. The van der Waals surface area contributed by atoms with Crippen molar-refractivity contribution in [2.45, 2.75) is 13.5 Å². The van der Waals surface area contributed by atoms with Crippen molar-refractivity contribution in [3.05, 3.63) is 53.6 Å². The van der Waals surface area contributed by atoms with Gasteiger partial charge in [-0.05, 0) is 35.9 Å². The lowest BCUT2D eigenvalue weighted by Crippen LogP contribution is -2.28. The zero-order chi connectivity index (χ0) is 21.0. The first-order valence-corrected chi connectivity index (χ1v) is 9.69. The predicted molar refractivity (Wildman–Crippen MR) is 110 cm³/mol. The Bertz CT molecular complexity index is 976. The van der Waals surface area contributed by atoms with Gasteiger partial charge in [0.1, 0.15) is 5.75 Å². The Kier molecular flexibility index (Phi) is 6.18. The number of carbonyl (C=O) groups excluding carboxylic acids is 4. The van der Waals surface area contributed by atoms with E-state index in [0.717, 1.165) is 11.8 Å². The summed E-state index contributed by atoms with van der Waals surface area (Å²) in [6.07, 6.45) is 0. The smallest absolute Gasteiger partial charge is 0.289 e. The summed E-state index contributed by atoms with van der Waals surface area (Å²) in [5.74, 6) is -0.283. The predicted octanol–water partition coefficient (Wildman–Crippen LogP) is 3.10. The van der Waals surface area contributed by atoms with Gasteiger partial charge in [0.2, 0.25) is 11.8 Å². The third kappa shape index (κ3) is 4.94. The molecule has 8 nitrogen and oxygen atoms in total. The Labute approximate surface area is 171 Å². The van der Waals surface area contributed by atoms with E-state index in [2.05, 4.69) is 10.6 Å². The van der Waals surface area contributed by atoms with Gasteiger partial charge in [-0.15, -0.1) is 0 Å². The highest BCUT2D eigenvalue weighted by atomic mass is 32.2. The number of hydrogen-bond donors (Lipinski definition) is 2. The molecular formula is C20H19N3O5S. The SMILES string of the molecule is COc1ccc(NC(C)=O)cc1NC(=O)c1cccc(CN2C(=O)CSC2=O)c1. The fourth-order valence-electron chi connectivity index (χ4n) is 2.81. The second kappa shape index (κ2) is 8.78. The number of imide groups is 1. The number of carbonyl (C=O) groups is 4. The third-order valence-electron chi connectivity index (χ3n) is 4.14. The molecule has 0 unspecified atom stereocenters. The number of methoxy groups -OCH3 is 1. The van der Waals surface area contributed by atoms with Crippen molar-refractivity contribution < 1.29 is 23.9 Å². The maximum absolute atomic E-state index is 12.7. The molecule has 1 heterocycles. The Balaban J connectivity index is 1.78. The van der Waals surface area contributed by atoms with Crippen LogP contribution in [0.2, 0.25) is 0 Å². The first-order chi connectivity index (χ1) is 13.9. The summed E-state index contributed by atoms with van der Waals surface area (Å²) in [7, 11) is 1.48. The summed E-state index contributed by atoms with van der Waals surface area (Å²) in [6.45, 7) is 1.51. The first-order valence-electron chi connectivity index (χ1n) is 8.70. The molecule has 4 amide bonds. The fraction of sp³-hybridized carbons (Fsp3) is 0.200. The number of nitrogens with one attached hydrogen (secondary N) is 2. The van der Waals surface area contributed by atoms with Gasteiger partial charge in [-0.3, -0.25) is 24.1 Å². The van der Waals surface area contributed by atoms with Crippen LogP contribution in [-0.4, -0.2) is 40.7 Å². The van der Waals surface area contributed by atoms with Crippen LogP contribution in [0.25, 0.3) is 0 Å². The van der Waals surface area contributed by atoms with Crippen LogP contribution in [0.5, 0.6) is 5.75 Å². The minimum atomic E-state index is -0.390. The van der Waals surface area contributed by atoms with Gasteiger partial charge in [0.05, 0.1) is 25.1 Å². The fourth-order valence-corrected chi connectivity index (χ4v) is 3.53. The van der Waals surface area contributed by atoms with Crippen molar-refractivity contribution in [3.63, 3.8) is 0 Å². The molecule has 1 saturated heterocycles. The van der Waals surface area contributed by atoms with Crippen LogP contribution in [0.3, 0.4) is 0 Å². The molecule has 0 aliphatic carbocycles. The Morgan fingerprint density at radius 1 is 1.14 bits per heavy atom. The van der Waals surface area contributed by atoms with Crippen molar-refractivity contribution in [1.29, 1.82) is 0 Å². The minimum absolute atomic E-state index is 0.118. The highest BCUT2D eigenvalue weighted by molar-refractivity contribution is 8.14. The van der Waals surface area contributed by atoms with Gasteiger partial charge in [-0.1, -0.05) is 23.9 Å². The standard InChI is InChI=1S/C20H19N3O5S/c1-12(24)21-15-6-7-17(28-2)16(9-15)22-19(26)14-5-3-4-13(8-14)10-23-18(25)11-29-20(23)27/h3-9H,10-11H2,1-2H3,(H,21,24)(H,22,26). The monoisotopic (exact) mass is 413 g/mol. The maximum atomic E-state index is 12.7. The van der Waals surface area contributed by atoms with Gasteiger partial charge >= 0.3 is 0 Å². The molecule has 0 bridgehead atoms. The van der Waals surface area contributed by atoms with Gasteiger partial charge in [0, 0.05) is 18.2 Å². The normalized spacial score (nSPS) is 13.4. The van der Waals surface area contributed by atoms with E-state index < -0.39 is 5.91 Å². The molecule has 1 aliphatic heterocycles. The molecule has 2 N–H and O–H groups in total. The van der Waals surface area contributed by atoms with Crippen LogP contribution in [0.1, 0.15) is 22.8 Å². The lowest BCUT2D eigenvalue weighted by atomic mass is 10.1. The number of ether oxygens (including phenoxy) is 1. The van der Waals surface area contributed by atoms with E-state index in [9.17, 15) is 19.2 Å². The molecule has 0 saturated carbocycles. The van der Waals surface area contributed by atoms with E-state index in [1.807, 2.05) is 0 Å². The maximum Gasteiger partial charge on any atom is 0.289 e. The lowest BCUT2D eigenvalue weighted by Gasteiger charge is -2.14. The van der Waals surface area contributed by atoms with E-state index in [4.69, 9.17) is 4.74 Å². The van der Waals surface area contributed by atoms with Gasteiger partial charge in [-0.2, -0.15) is 0 Å². The van der Waals surface area contributed by atoms with Gasteiger partial charge in [0.15, 0.2) is 0 Å². The molecule has 2 aromatic carbocycles. The van der Waals surface area contributed by atoms with E-state index in [1.165, 1.54) is 18.9 Å². The number of rotatable bonds is 6. The number of thioether (sulfide) groups is 1. The first kappa shape index (κ1) is 20.4. The molecule has 2 aromatic rings. The summed E-state index contributed by atoms with van der Waals surface area (Å²) in [5.41, 5.74) is 1.95. The van der Waals surface area contributed by atoms with E-state index >= 15 is 0 Å². The molecule has 0 atom stereocenters. The molecule has 1 fully saturated rings. The van der Waals surface area contributed by atoms with Crippen molar-refractivity contribution >= 4 is 46.1 Å². The van der Waals surface area contributed by atoms with Crippen LogP contribution in [-0.2, 0) is 16.1 Å². The molecule has 0 spiro atoms. The number of amides is 4. The summed E-state index contributed by atoms with van der Waals surface area (Å²) >= 11 is 0.969. The van der Waals surface area contributed by atoms with Crippen LogP contribution < -0.4 is 15.4 Å². The highest BCUT2D eigenvalue weighted by Gasteiger charge is 2.29. The molecule has 0 radical (unpaired) electrons. The summed E-state index contributed by atoms with van der Waals surface area (Å²) in [4.78, 5) is 48.7. The highest BCUT2D eigenvalue weighted by Crippen LogP contribution is 2.28. The Morgan fingerprint density at radius 2 is 1.93 bits per heavy atom. The third-order valence-corrected chi connectivity index (χ3v) is 5.00. The quantitative estimate of drug-likeness (QED) is 0.754. The molecule has 3 rings (SSSR count). The number of nitrogens with zero attached hydrogens (tertiary/aromatic N) is 1. The van der Waals surface area contributed by atoms with Crippen molar-refractivity contribution in [3.8, 4) is 5.75 Å². The molecule has 150 valence electrons. The van der Waals surface area contributed by atoms with Crippen LogP contribution >= 0.6 is 11.8 Å². The van der Waals surface area contributed by atoms with E-state index in [-0.39, 0.29) is 29.4 Å². The van der Waals surface area contributed by atoms with E-state index in [1.54, 1.807) is 42.5 Å². The van der Waals surface area contributed by atoms with Crippen LogP contribution in [0.15, 0.2) is 42.5 Å². The molecular weight excluding hydrogens is 394 g/mol. The summed E-state index contributed by atoms with van der Waals surface area (Å²) in [6, 6.07) is 11.6. The number of anilines is 2. The van der Waals surface area contributed by atoms with Crippen molar-refractivity contribution in [1.82, 2.24) is 4.90 Å². The summed E-state index contributed by atoms with van der Waals surface area (Å²) < 4.78 is 5.27. The van der Waals surface area contributed by atoms with Crippen molar-refractivity contribution in [2.75, 3.05) is 23.5 Å². The summed E-state index contributed by atoms with van der Waals surface area (Å²) in [5, 5.41) is 5.13. The molecule has 1 aliphatic rings. The van der Waals surface area contributed by atoms with Gasteiger partial charge < -0.3 is 15.4 Å². The second-order valence-electron chi connectivity index (χ2n) is 6.29. The zero-order valence-corrected chi connectivity index (χ0v) is 16.7. The van der Waals surface area contributed by atoms with Crippen LogP contribution in [0.4, 0.5) is 16.2 Å².